The van der Waals surface area contributed by atoms with Crippen LogP contribution in [-0.2, 0) is 0 Å². The van der Waals surface area contributed by atoms with Gasteiger partial charge in [-0.15, -0.1) is 0 Å². The number of nitrogens with zero attached hydrogens (tertiary/aromatic N) is 1. The lowest BCUT2D eigenvalue weighted by Crippen LogP contribution is -1.79. The zero-order valence-corrected chi connectivity index (χ0v) is 6.85. The SMILES string of the molecule is Fc1cc2ccncc2cc1Cl. The zero-order chi connectivity index (χ0) is 8.55. The topological polar surface area (TPSA) is 12.9 Å². The molecule has 1 heterocycles. The highest BCUT2D eigenvalue weighted by Gasteiger charge is 2.00. The molecule has 2 aromatic rings. The van der Waals surface area contributed by atoms with Gasteiger partial charge in [0, 0.05) is 17.8 Å². The van der Waals surface area contributed by atoms with Gasteiger partial charge >= 0.3 is 0 Å². The normalized spacial score (nSPS) is 10.5. The lowest BCUT2D eigenvalue weighted by atomic mass is 10.2. The van der Waals surface area contributed by atoms with Gasteiger partial charge in [0.15, 0.2) is 0 Å². The summed E-state index contributed by atoms with van der Waals surface area (Å²) in [4.78, 5) is 3.90. The first-order chi connectivity index (χ1) is 5.77. The second kappa shape index (κ2) is 2.72. The van der Waals surface area contributed by atoms with Crippen molar-refractivity contribution in [2.45, 2.75) is 0 Å². The molecule has 0 saturated carbocycles. The van der Waals surface area contributed by atoms with Crippen LogP contribution in [0.4, 0.5) is 4.39 Å². The molecule has 0 saturated heterocycles. The maximum absolute atomic E-state index is 12.9. The van der Waals surface area contributed by atoms with E-state index in [2.05, 4.69) is 4.98 Å². The Morgan fingerprint density at radius 2 is 2.08 bits per heavy atom. The number of hydrogen-bond acceptors (Lipinski definition) is 1. The van der Waals surface area contributed by atoms with Crippen molar-refractivity contribution in [3.63, 3.8) is 0 Å². The number of pyridine rings is 1. The van der Waals surface area contributed by atoms with E-state index in [4.69, 9.17) is 11.6 Å². The van der Waals surface area contributed by atoms with Crippen LogP contribution in [0, 0.1) is 5.82 Å². The number of benzene rings is 1. The summed E-state index contributed by atoms with van der Waals surface area (Å²) in [6, 6.07) is 4.72. The summed E-state index contributed by atoms with van der Waals surface area (Å²) in [6.07, 6.45) is 3.27. The van der Waals surface area contributed by atoms with Crippen LogP contribution in [0.2, 0.25) is 5.02 Å². The summed E-state index contributed by atoms with van der Waals surface area (Å²) in [6.45, 7) is 0. The number of fused-ring (bicyclic) bond motifs is 1. The molecule has 12 heavy (non-hydrogen) atoms. The first-order valence-electron chi connectivity index (χ1n) is 3.46. The van der Waals surface area contributed by atoms with Crippen LogP contribution in [-0.4, -0.2) is 4.98 Å². The highest BCUT2D eigenvalue weighted by atomic mass is 35.5. The quantitative estimate of drug-likeness (QED) is 0.609. The molecule has 0 aliphatic carbocycles. The first-order valence-corrected chi connectivity index (χ1v) is 3.84. The van der Waals surface area contributed by atoms with Crippen LogP contribution in [0.3, 0.4) is 0 Å². The lowest BCUT2D eigenvalue weighted by Gasteiger charge is -1.97. The molecule has 0 amide bonds. The van der Waals surface area contributed by atoms with Gasteiger partial charge in [-0.25, -0.2) is 4.39 Å². The molecule has 0 aliphatic rings. The van der Waals surface area contributed by atoms with Crippen LogP contribution in [0.25, 0.3) is 10.8 Å². The van der Waals surface area contributed by atoms with Gasteiger partial charge in [0.25, 0.3) is 0 Å². The molecule has 60 valence electrons. The van der Waals surface area contributed by atoms with Crippen molar-refractivity contribution in [2.75, 3.05) is 0 Å². The summed E-state index contributed by atoms with van der Waals surface area (Å²) in [7, 11) is 0. The van der Waals surface area contributed by atoms with E-state index >= 15 is 0 Å². The predicted molar refractivity (Wildman–Crippen MR) is 46.7 cm³/mol. The van der Waals surface area contributed by atoms with Gasteiger partial charge in [-0.2, -0.15) is 0 Å². The van der Waals surface area contributed by atoms with E-state index in [-0.39, 0.29) is 5.02 Å². The van der Waals surface area contributed by atoms with E-state index in [1.54, 1.807) is 24.5 Å². The van der Waals surface area contributed by atoms with Crippen LogP contribution in [0.15, 0.2) is 30.6 Å². The average molecular weight is 182 g/mol. The van der Waals surface area contributed by atoms with E-state index in [1.807, 2.05) is 0 Å². The van der Waals surface area contributed by atoms with Crippen molar-refractivity contribution < 1.29 is 4.39 Å². The molecule has 1 aromatic heterocycles. The molecule has 0 radical (unpaired) electrons. The van der Waals surface area contributed by atoms with Gasteiger partial charge in [0.2, 0.25) is 0 Å². The molecule has 1 nitrogen and oxygen atoms in total. The zero-order valence-electron chi connectivity index (χ0n) is 6.09. The average Bonchev–Trinajstić information content (AvgIpc) is 2.07. The van der Waals surface area contributed by atoms with Gasteiger partial charge in [0.1, 0.15) is 5.82 Å². The van der Waals surface area contributed by atoms with Gasteiger partial charge in [-0.05, 0) is 23.6 Å². The van der Waals surface area contributed by atoms with Crippen LogP contribution >= 0.6 is 11.6 Å². The predicted octanol–water partition coefficient (Wildman–Crippen LogP) is 3.03. The molecular weight excluding hydrogens is 177 g/mol. The molecule has 0 aliphatic heterocycles. The molecule has 1 aromatic carbocycles. The fraction of sp³-hybridized carbons (Fsp3) is 0. The molecule has 0 unspecified atom stereocenters. The van der Waals surface area contributed by atoms with Gasteiger partial charge in [-0.1, -0.05) is 11.6 Å². The maximum Gasteiger partial charge on any atom is 0.142 e. The Hall–Kier alpha value is -1.15. The highest BCUT2D eigenvalue weighted by molar-refractivity contribution is 6.31. The lowest BCUT2D eigenvalue weighted by molar-refractivity contribution is 0.630. The monoisotopic (exact) mass is 181 g/mol. The van der Waals surface area contributed by atoms with Gasteiger partial charge < -0.3 is 0 Å². The van der Waals surface area contributed by atoms with Crippen molar-refractivity contribution >= 4 is 22.4 Å². The Bertz CT molecular complexity index is 387. The Morgan fingerprint density at radius 1 is 1.25 bits per heavy atom. The van der Waals surface area contributed by atoms with Crippen molar-refractivity contribution in [3.05, 3.63) is 41.4 Å². The Labute approximate surface area is 73.8 Å². The summed E-state index contributed by atoms with van der Waals surface area (Å²) in [5.74, 6) is -0.393. The number of aromatic nitrogens is 1. The van der Waals surface area contributed by atoms with Crippen molar-refractivity contribution in [3.8, 4) is 0 Å². The molecule has 0 fully saturated rings. The molecule has 2 rings (SSSR count). The summed E-state index contributed by atoms with van der Waals surface area (Å²) < 4.78 is 12.9. The van der Waals surface area contributed by atoms with E-state index in [9.17, 15) is 4.39 Å². The third-order valence-electron chi connectivity index (χ3n) is 1.68. The largest absolute Gasteiger partial charge is 0.264 e. The molecule has 0 atom stereocenters. The number of halogens is 2. The summed E-state index contributed by atoms with van der Waals surface area (Å²) >= 11 is 5.58. The molecule has 0 bridgehead atoms. The minimum Gasteiger partial charge on any atom is -0.264 e. The first kappa shape index (κ1) is 7.50. The fourth-order valence-corrected chi connectivity index (χ4v) is 1.25. The standard InChI is InChI=1S/C9H5ClFN/c10-8-3-7-5-12-2-1-6(7)4-9(8)11/h1-5H. The van der Waals surface area contributed by atoms with Crippen LogP contribution in [0.5, 0.6) is 0 Å². The van der Waals surface area contributed by atoms with E-state index < -0.39 is 5.82 Å². The second-order valence-electron chi connectivity index (χ2n) is 2.49. The summed E-state index contributed by atoms with van der Waals surface area (Å²) in [5.41, 5.74) is 0. The molecular formula is C9H5ClFN. The number of hydrogen-bond donors (Lipinski definition) is 0. The smallest absolute Gasteiger partial charge is 0.142 e. The van der Waals surface area contributed by atoms with E-state index in [0.717, 1.165) is 10.8 Å². The van der Waals surface area contributed by atoms with Gasteiger partial charge in [0.05, 0.1) is 5.02 Å². The minimum atomic E-state index is -0.393. The second-order valence-corrected chi connectivity index (χ2v) is 2.90. The molecule has 0 N–H and O–H groups in total. The van der Waals surface area contributed by atoms with Crippen molar-refractivity contribution in [1.82, 2.24) is 4.98 Å². The minimum absolute atomic E-state index is 0.135. The van der Waals surface area contributed by atoms with Crippen molar-refractivity contribution in [2.24, 2.45) is 0 Å². The number of rotatable bonds is 0. The van der Waals surface area contributed by atoms with E-state index in [1.165, 1.54) is 6.07 Å². The third-order valence-corrected chi connectivity index (χ3v) is 1.97. The van der Waals surface area contributed by atoms with Crippen LogP contribution in [0.1, 0.15) is 0 Å². The third kappa shape index (κ3) is 1.14. The molecule has 3 heteroatoms. The van der Waals surface area contributed by atoms with E-state index in [0.29, 0.717) is 0 Å². The Morgan fingerprint density at radius 3 is 2.92 bits per heavy atom. The Kier molecular flexibility index (Phi) is 1.70. The van der Waals surface area contributed by atoms with Crippen LogP contribution < -0.4 is 0 Å². The van der Waals surface area contributed by atoms with Crippen molar-refractivity contribution in [1.29, 1.82) is 0 Å². The Balaban J connectivity index is 2.84. The maximum atomic E-state index is 12.9. The fourth-order valence-electron chi connectivity index (χ4n) is 1.08. The summed E-state index contributed by atoms with van der Waals surface area (Å²) in [5, 5.41) is 1.80. The van der Waals surface area contributed by atoms with Gasteiger partial charge in [-0.3, -0.25) is 4.98 Å². The highest BCUT2D eigenvalue weighted by Crippen LogP contribution is 2.21. The molecule has 0 spiro atoms.